The third-order valence-electron chi connectivity index (χ3n) is 5.61. The summed E-state index contributed by atoms with van der Waals surface area (Å²) in [4.78, 5) is 17.6. The summed E-state index contributed by atoms with van der Waals surface area (Å²) in [6, 6.07) is 3.89. The van der Waals surface area contributed by atoms with E-state index in [9.17, 15) is 0 Å². The van der Waals surface area contributed by atoms with Crippen LogP contribution in [0, 0.1) is 10.8 Å². The minimum atomic E-state index is 0.104. The SMILES string of the molecule is CC1(CN)CCN(c2cnc(C(=N)N3CCCc4ncccc43)c(N)n2)C1. The number of anilines is 3. The molecule has 2 aromatic heterocycles. The Labute approximate surface area is 159 Å². The maximum absolute atomic E-state index is 8.65. The summed E-state index contributed by atoms with van der Waals surface area (Å²) < 4.78 is 0. The van der Waals surface area contributed by atoms with Crippen LogP contribution in [0.15, 0.2) is 24.5 Å². The summed E-state index contributed by atoms with van der Waals surface area (Å²) in [5.74, 6) is 1.31. The third-order valence-corrected chi connectivity index (χ3v) is 5.61. The monoisotopic (exact) mass is 366 g/mol. The highest BCUT2D eigenvalue weighted by Crippen LogP contribution is 2.32. The fourth-order valence-electron chi connectivity index (χ4n) is 3.87. The molecule has 5 N–H and O–H groups in total. The number of nitrogens with one attached hydrogen (secondary N) is 1. The van der Waals surface area contributed by atoms with E-state index in [0.29, 0.717) is 12.2 Å². The van der Waals surface area contributed by atoms with Crippen LogP contribution in [0.2, 0.25) is 0 Å². The Kier molecular flexibility index (Phi) is 4.43. The zero-order chi connectivity index (χ0) is 19.0. The molecule has 4 rings (SSSR count). The largest absolute Gasteiger partial charge is 0.382 e. The molecular weight excluding hydrogens is 340 g/mol. The molecule has 2 aliphatic rings. The minimum absolute atomic E-state index is 0.104. The van der Waals surface area contributed by atoms with Gasteiger partial charge in [-0.05, 0) is 43.4 Å². The Morgan fingerprint density at radius 2 is 2.19 bits per heavy atom. The molecule has 0 amide bonds. The van der Waals surface area contributed by atoms with Gasteiger partial charge < -0.3 is 21.3 Å². The number of nitrogens with two attached hydrogens (primary N) is 2. The number of hydrogen-bond acceptors (Lipinski definition) is 7. The summed E-state index contributed by atoms with van der Waals surface area (Å²) in [5.41, 5.74) is 14.6. The van der Waals surface area contributed by atoms with Crippen molar-refractivity contribution in [1.82, 2.24) is 15.0 Å². The van der Waals surface area contributed by atoms with Crippen molar-refractivity contribution in [3.63, 3.8) is 0 Å². The highest BCUT2D eigenvalue weighted by atomic mass is 15.2. The van der Waals surface area contributed by atoms with Crippen LogP contribution in [0.4, 0.5) is 17.3 Å². The number of pyridine rings is 1. The zero-order valence-corrected chi connectivity index (χ0v) is 15.6. The van der Waals surface area contributed by atoms with E-state index in [0.717, 1.165) is 56.1 Å². The van der Waals surface area contributed by atoms with Crippen molar-refractivity contribution in [2.24, 2.45) is 11.1 Å². The second-order valence-corrected chi connectivity index (χ2v) is 7.72. The smallest absolute Gasteiger partial charge is 0.155 e. The molecule has 0 aromatic carbocycles. The highest BCUT2D eigenvalue weighted by Gasteiger charge is 2.33. The first-order valence-electron chi connectivity index (χ1n) is 9.39. The van der Waals surface area contributed by atoms with Gasteiger partial charge in [0.25, 0.3) is 0 Å². The Morgan fingerprint density at radius 3 is 2.93 bits per heavy atom. The van der Waals surface area contributed by atoms with Crippen molar-refractivity contribution in [2.45, 2.75) is 26.2 Å². The third kappa shape index (κ3) is 3.21. The number of nitrogens with zero attached hydrogens (tertiary/aromatic N) is 5. The van der Waals surface area contributed by atoms with E-state index in [4.69, 9.17) is 16.9 Å². The van der Waals surface area contributed by atoms with Crippen molar-refractivity contribution < 1.29 is 0 Å². The molecule has 1 saturated heterocycles. The normalized spacial score (nSPS) is 22.0. The van der Waals surface area contributed by atoms with Gasteiger partial charge in [-0.15, -0.1) is 0 Å². The van der Waals surface area contributed by atoms with Gasteiger partial charge in [-0.2, -0.15) is 0 Å². The van der Waals surface area contributed by atoms with Crippen LogP contribution >= 0.6 is 0 Å². The van der Waals surface area contributed by atoms with E-state index in [1.807, 2.05) is 17.0 Å². The molecule has 4 heterocycles. The Morgan fingerprint density at radius 1 is 1.33 bits per heavy atom. The quantitative estimate of drug-likeness (QED) is 0.554. The van der Waals surface area contributed by atoms with Crippen molar-refractivity contribution in [3.8, 4) is 0 Å². The van der Waals surface area contributed by atoms with E-state index in [1.54, 1.807) is 12.4 Å². The average Bonchev–Trinajstić information content (AvgIpc) is 3.10. The van der Waals surface area contributed by atoms with Gasteiger partial charge in [-0.1, -0.05) is 6.92 Å². The highest BCUT2D eigenvalue weighted by molar-refractivity contribution is 6.09. The molecule has 1 atom stereocenters. The van der Waals surface area contributed by atoms with E-state index >= 15 is 0 Å². The first-order valence-corrected chi connectivity index (χ1v) is 9.39. The Hall–Kier alpha value is -2.74. The minimum Gasteiger partial charge on any atom is -0.382 e. The van der Waals surface area contributed by atoms with Gasteiger partial charge in [0.15, 0.2) is 11.7 Å². The lowest BCUT2D eigenvalue weighted by Crippen LogP contribution is -2.37. The van der Waals surface area contributed by atoms with Crippen molar-refractivity contribution >= 4 is 23.2 Å². The molecule has 8 heteroatoms. The summed E-state index contributed by atoms with van der Waals surface area (Å²) in [6.07, 6.45) is 6.41. The molecular formula is C19H26N8. The molecule has 0 aliphatic carbocycles. The van der Waals surface area contributed by atoms with Gasteiger partial charge in [0.05, 0.1) is 17.6 Å². The van der Waals surface area contributed by atoms with Crippen LogP contribution in [0.1, 0.15) is 31.2 Å². The van der Waals surface area contributed by atoms with E-state index in [2.05, 4.69) is 26.8 Å². The van der Waals surface area contributed by atoms with E-state index in [1.165, 1.54) is 0 Å². The standard InChI is InChI=1S/C19H26N8/c1-19(11-20)6-9-26(12-19)15-10-24-16(17(21)25-15)18(22)27-8-3-4-13-14(27)5-2-7-23-13/h2,5,7,10,22H,3-4,6,8-9,11-12,20H2,1H3,(H2,21,25). The second kappa shape index (κ2) is 6.77. The number of nitrogen functional groups attached to an aromatic ring is 1. The summed E-state index contributed by atoms with van der Waals surface area (Å²) >= 11 is 0. The number of hydrogen-bond donors (Lipinski definition) is 3. The van der Waals surface area contributed by atoms with E-state index < -0.39 is 0 Å². The molecule has 8 nitrogen and oxygen atoms in total. The molecule has 1 unspecified atom stereocenters. The number of aromatic nitrogens is 3. The molecule has 27 heavy (non-hydrogen) atoms. The summed E-state index contributed by atoms with van der Waals surface area (Å²) in [6.45, 7) is 5.33. The van der Waals surface area contributed by atoms with E-state index in [-0.39, 0.29) is 17.1 Å². The molecule has 2 aromatic rings. The summed E-state index contributed by atoms with van der Waals surface area (Å²) in [5, 5.41) is 8.65. The van der Waals surface area contributed by atoms with Gasteiger partial charge >= 0.3 is 0 Å². The maximum atomic E-state index is 8.65. The van der Waals surface area contributed by atoms with Crippen LogP contribution in [0.25, 0.3) is 0 Å². The van der Waals surface area contributed by atoms with Gasteiger partial charge in [0, 0.05) is 25.8 Å². The number of fused-ring (bicyclic) bond motifs is 1. The first kappa shape index (κ1) is 17.7. The average molecular weight is 366 g/mol. The molecule has 1 fully saturated rings. The molecule has 142 valence electrons. The Balaban J connectivity index is 1.58. The molecule has 2 aliphatic heterocycles. The number of amidine groups is 1. The van der Waals surface area contributed by atoms with Crippen LogP contribution in [-0.2, 0) is 6.42 Å². The van der Waals surface area contributed by atoms with Crippen LogP contribution in [-0.4, -0.2) is 47.0 Å². The Bertz CT molecular complexity index is 867. The van der Waals surface area contributed by atoms with Gasteiger partial charge in [0.2, 0.25) is 0 Å². The topological polar surface area (TPSA) is 121 Å². The van der Waals surface area contributed by atoms with Crippen molar-refractivity contribution in [2.75, 3.05) is 41.7 Å². The number of rotatable bonds is 3. The molecule has 0 spiro atoms. The molecule has 0 radical (unpaired) electrons. The van der Waals surface area contributed by atoms with Crippen LogP contribution in [0.3, 0.4) is 0 Å². The lowest BCUT2D eigenvalue weighted by atomic mass is 9.90. The lowest BCUT2D eigenvalue weighted by Gasteiger charge is -2.30. The predicted molar refractivity (Wildman–Crippen MR) is 107 cm³/mol. The number of aryl methyl sites for hydroxylation is 1. The molecule has 0 bridgehead atoms. The van der Waals surface area contributed by atoms with Crippen molar-refractivity contribution in [1.29, 1.82) is 5.41 Å². The maximum Gasteiger partial charge on any atom is 0.155 e. The van der Waals surface area contributed by atoms with Gasteiger partial charge in [-0.25, -0.2) is 9.97 Å². The van der Waals surface area contributed by atoms with Crippen LogP contribution < -0.4 is 21.3 Å². The fourth-order valence-corrected chi connectivity index (χ4v) is 3.87. The van der Waals surface area contributed by atoms with Gasteiger partial charge in [-0.3, -0.25) is 10.4 Å². The first-order chi connectivity index (χ1) is 13.0. The zero-order valence-electron chi connectivity index (χ0n) is 15.6. The second-order valence-electron chi connectivity index (χ2n) is 7.72. The fraction of sp³-hybridized carbons (Fsp3) is 0.474. The van der Waals surface area contributed by atoms with Gasteiger partial charge in [0.1, 0.15) is 11.5 Å². The molecule has 0 saturated carbocycles. The van der Waals surface area contributed by atoms with Crippen molar-refractivity contribution in [3.05, 3.63) is 35.9 Å². The lowest BCUT2D eigenvalue weighted by molar-refractivity contribution is 0.383. The predicted octanol–water partition coefficient (Wildman–Crippen LogP) is 1.41. The summed E-state index contributed by atoms with van der Waals surface area (Å²) in [7, 11) is 0. The van der Waals surface area contributed by atoms with Crippen LogP contribution in [0.5, 0.6) is 0 Å².